The van der Waals surface area contributed by atoms with Gasteiger partial charge in [-0.3, -0.25) is 9.59 Å². The first-order valence-corrected chi connectivity index (χ1v) is 6.81. The highest BCUT2D eigenvalue weighted by atomic mass is 19.1. The van der Waals surface area contributed by atoms with Crippen LogP contribution in [0.25, 0.3) is 0 Å². The van der Waals surface area contributed by atoms with Crippen molar-refractivity contribution in [3.8, 4) is 0 Å². The van der Waals surface area contributed by atoms with Crippen molar-refractivity contribution in [2.24, 2.45) is 0 Å². The number of hydrogen-bond acceptors (Lipinski definition) is 3. The first kappa shape index (κ1) is 15.9. The zero-order valence-electron chi connectivity index (χ0n) is 12.1. The molecule has 0 spiro atoms. The van der Waals surface area contributed by atoms with Gasteiger partial charge in [0.1, 0.15) is 5.82 Å². The van der Waals surface area contributed by atoms with Crippen LogP contribution in [0, 0.1) is 5.82 Å². The summed E-state index contributed by atoms with van der Waals surface area (Å²) < 4.78 is 14.2. The van der Waals surface area contributed by atoms with Crippen molar-refractivity contribution in [2.75, 3.05) is 20.2 Å². The van der Waals surface area contributed by atoms with Crippen LogP contribution in [0.1, 0.15) is 26.3 Å². The van der Waals surface area contributed by atoms with E-state index in [0.717, 1.165) is 6.07 Å². The topological polar surface area (TPSA) is 57.6 Å². The normalized spacial score (nSPS) is 10.3. The third-order valence-electron chi connectivity index (χ3n) is 3.29. The van der Waals surface area contributed by atoms with Crippen LogP contribution < -0.4 is 0 Å². The van der Waals surface area contributed by atoms with Gasteiger partial charge in [0, 0.05) is 19.2 Å². The molecule has 0 aliphatic heterocycles. The summed E-state index contributed by atoms with van der Waals surface area (Å²) in [6.45, 7) is -0.103. The van der Waals surface area contributed by atoms with Crippen LogP contribution in [0.5, 0.6) is 0 Å². The molecule has 0 aliphatic rings. The number of aliphatic hydroxyl groups excluding tert-OH is 1. The Labute approximate surface area is 127 Å². The standard InChI is InChI=1S/C17H16FNO3/c1-19(10-11-20)17(22)13-8-5-9-14(18)15(13)16(21)12-6-3-2-4-7-12/h2-9,20H,10-11H2,1H3. The second-order valence-electron chi connectivity index (χ2n) is 4.81. The van der Waals surface area contributed by atoms with Crippen molar-refractivity contribution in [2.45, 2.75) is 0 Å². The van der Waals surface area contributed by atoms with E-state index in [9.17, 15) is 14.0 Å². The molecule has 1 N–H and O–H groups in total. The maximum Gasteiger partial charge on any atom is 0.254 e. The molecule has 1 amide bonds. The average molecular weight is 301 g/mol. The summed E-state index contributed by atoms with van der Waals surface area (Å²) in [7, 11) is 1.49. The number of likely N-dealkylation sites (N-methyl/N-ethyl adjacent to an activating group) is 1. The molecular formula is C17H16FNO3. The molecule has 114 valence electrons. The molecule has 2 rings (SSSR count). The van der Waals surface area contributed by atoms with Crippen molar-refractivity contribution in [1.29, 1.82) is 0 Å². The van der Waals surface area contributed by atoms with Crippen molar-refractivity contribution >= 4 is 11.7 Å². The quantitative estimate of drug-likeness (QED) is 0.861. The van der Waals surface area contributed by atoms with Gasteiger partial charge in [0.15, 0.2) is 5.78 Å². The lowest BCUT2D eigenvalue weighted by Crippen LogP contribution is -2.31. The van der Waals surface area contributed by atoms with Gasteiger partial charge < -0.3 is 10.0 Å². The third kappa shape index (κ3) is 3.20. The Hall–Kier alpha value is -2.53. The van der Waals surface area contributed by atoms with Gasteiger partial charge >= 0.3 is 0 Å². The van der Waals surface area contributed by atoms with E-state index in [2.05, 4.69) is 0 Å². The number of nitrogens with zero attached hydrogens (tertiary/aromatic N) is 1. The van der Waals surface area contributed by atoms with Crippen LogP contribution >= 0.6 is 0 Å². The molecule has 0 aromatic heterocycles. The van der Waals surface area contributed by atoms with E-state index in [-0.39, 0.29) is 24.3 Å². The fraction of sp³-hybridized carbons (Fsp3) is 0.176. The van der Waals surface area contributed by atoms with Crippen LogP contribution in [0.4, 0.5) is 4.39 Å². The van der Waals surface area contributed by atoms with E-state index in [1.54, 1.807) is 30.3 Å². The van der Waals surface area contributed by atoms with Crippen LogP contribution in [0.3, 0.4) is 0 Å². The second-order valence-corrected chi connectivity index (χ2v) is 4.81. The molecule has 0 saturated carbocycles. The number of hydrogen-bond donors (Lipinski definition) is 1. The van der Waals surface area contributed by atoms with E-state index >= 15 is 0 Å². The summed E-state index contributed by atoms with van der Waals surface area (Å²) in [5.74, 6) is -1.79. The summed E-state index contributed by atoms with van der Waals surface area (Å²) >= 11 is 0. The minimum absolute atomic E-state index is 0.00944. The predicted octanol–water partition coefficient (Wildman–Crippen LogP) is 2.12. The Morgan fingerprint density at radius 3 is 2.41 bits per heavy atom. The Morgan fingerprint density at radius 1 is 1.09 bits per heavy atom. The molecule has 0 atom stereocenters. The SMILES string of the molecule is CN(CCO)C(=O)c1cccc(F)c1C(=O)c1ccccc1. The lowest BCUT2D eigenvalue weighted by molar-refractivity contribution is 0.0762. The minimum Gasteiger partial charge on any atom is -0.395 e. The number of rotatable bonds is 5. The summed E-state index contributed by atoms with van der Waals surface area (Å²) in [5.41, 5.74) is 0.0553. The fourth-order valence-electron chi connectivity index (χ4n) is 2.12. The summed E-state index contributed by atoms with van der Waals surface area (Å²) in [6.07, 6.45) is 0. The zero-order chi connectivity index (χ0) is 16.1. The lowest BCUT2D eigenvalue weighted by atomic mass is 9.97. The van der Waals surface area contributed by atoms with Crippen molar-refractivity contribution in [3.63, 3.8) is 0 Å². The van der Waals surface area contributed by atoms with E-state index in [4.69, 9.17) is 5.11 Å². The maximum atomic E-state index is 14.2. The van der Waals surface area contributed by atoms with Crippen LogP contribution in [0.15, 0.2) is 48.5 Å². The molecule has 0 fully saturated rings. The van der Waals surface area contributed by atoms with Gasteiger partial charge in [-0.15, -0.1) is 0 Å². The lowest BCUT2D eigenvalue weighted by Gasteiger charge is -2.18. The molecule has 5 heteroatoms. The fourth-order valence-corrected chi connectivity index (χ4v) is 2.12. The molecule has 4 nitrogen and oxygen atoms in total. The van der Waals surface area contributed by atoms with Gasteiger partial charge in [-0.2, -0.15) is 0 Å². The Bertz CT molecular complexity index is 686. The Morgan fingerprint density at radius 2 is 1.77 bits per heavy atom. The van der Waals surface area contributed by atoms with Gasteiger partial charge in [-0.05, 0) is 12.1 Å². The number of carbonyl (C=O) groups excluding carboxylic acids is 2. The van der Waals surface area contributed by atoms with Crippen molar-refractivity contribution < 1.29 is 19.1 Å². The van der Waals surface area contributed by atoms with Gasteiger partial charge in [-0.1, -0.05) is 36.4 Å². The molecular weight excluding hydrogens is 285 g/mol. The number of aliphatic hydroxyl groups is 1. The van der Waals surface area contributed by atoms with Gasteiger partial charge in [0.05, 0.1) is 17.7 Å². The number of ketones is 1. The third-order valence-corrected chi connectivity index (χ3v) is 3.29. The summed E-state index contributed by atoms with van der Waals surface area (Å²) in [6, 6.07) is 12.2. The highest BCUT2D eigenvalue weighted by Gasteiger charge is 2.24. The van der Waals surface area contributed by atoms with E-state index in [1.807, 2.05) is 0 Å². The van der Waals surface area contributed by atoms with Crippen LogP contribution in [-0.4, -0.2) is 41.9 Å². The van der Waals surface area contributed by atoms with Crippen molar-refractivity contribution in [1.82, 2.24) is 4.90 Å². The molecule has 0 aliphatic carbocycles. The van der Waals surface area contributed by atoms with Gasteiger partial charge in [0.25, 0.3) is 5.91 Å². The molecule has 2 aromatic rings. The summed E-state index contributed by atoms with van der Waals surface area (Å²) in [5, 5.41) is 8.91. The molecule has 0 bridgehead atoms. The molecule has 0 heterocycles. The second kappa shape index (κ2) is 6.95. The summed E-state index contributed by atoms with van der Waals surface area (Å²) in [4.78, 5) is 26.1. The van der Waals surface area contributed by atoms with E-state index in [0.29, 0.717) is 5.56 Å². The molecule has 22 heavy (non-hydrogen) atoms. The van der Waals surface area contributed by atoms with Gasteiger partial charge in [0.2, 0.25) is 0 Å². The minimum atomic E-state index is -0.739. The maximum absolute atomic E-state index is 14.2. The Kier molecular flexibility index (Phi) is 5.01. The molecule has 0 saturated heterocycles. The smallest absolute Gasteiger partial charge is 0.254 e. The first-order chi connectivity index (χ1) is 10.6. The number of halogens is 1. The number of amides is 1. The zero-order valence-corrected chi connectivity index (χ0v) is 12.1. The molecule has 2 aromatic carbocycles. The van der Waals surface area contributed by atoms with Gasteiger partial charge in [-0.25, -0.2) is 4.39 Å². The average Bonchev–Trinajstić information content (AvgIpc) is 2.54. The number of carbonyl (C=O) groups is 2. The van der Waals surface area contributed by atoms with Crippen LogP contribution in [0.2, 0.25) is 0 Å². The van der Waals surface area contributed by atoms with Crippen molar-refractivity contribution in [3.05, 3.63) is 71.0 Å². The molecule has 0 radical (unpaired) electrons. The van der Waals surface area contributed by atoms with Crippen LogP contribution in [-0.2, 0) is 0 Å². The van der Waals surface area contributed by atoms with E-state index < -0.39 is 17.5 Å². The highest BCUT2D eigenvalue weighted by Crippen LogP contribution is 2.19. The monoisotopic (exact) mass is 301 g/mol. The van der Waals surface area contributed by atoms with E-state index in [1.165, 1.54) is 24.1 Å². The predicted molar refractivity (Wildman–Crippen MR) is 80.3 cm³/mol. The highest BCUT2D eigenvalue weighted by molar-refractivity contribution is 6.15. The Balaban J connectivity index is 2.48. The largest absolute Gasteiger partial charge is 0.395 e. The molecule has 0 unspecified atom stereocenters. The first-order valence-electron chi connectivity index (χ1n) is 6.81. The number of benzene rings is 2.